The Bertz CT molecular complexity index is 865. The second-order valence-electron chi connectivity index (χ2n) is 6.29. The lowest BCUT2D eigenvalue weighted by Gasteiger charge is -2.22. The van der Waals surface area contributed by atoms with Crippen LogP contribution in [0.5, 0.6) is 0 Å². The quantitative estimate of drug-likeness (QED) is 0.493. The minimum atomic E-state index is -1.67. The fourth-order valence-corrected chi connectivity index (χ4v) is 2.71. The molecule has 2 aromatic carbocycles. The minimum Gasteiger partial charge on any atom is -0.399 e. The number of carbonyl (C=O) groups excluding carboxylic acids is 2. The predicted octanol–water partition coefficient (Wildman–Crippen LogP) is 3.92. The van der Waals surface area contributed by atoms with Crippen LogP contribution < -0.4 is 11.1 Å². The number of nitrogens with one attached hydrogen (secondary N) is 1. The lowest BCUT2D eigenvalue weighted by atomic mass is 10.1. The van der Waals surface area contributed by atoms with Gasteiger partial charge in [0, 0.05) is 18.7 Å². The molecule has 2 rings (SSSR count). The molecule has 2 aromatic rings. The van der Waals surface area contributed by atoms with Crippen molar-refractivity contribution in [3.05, 3.63) is 59.4 Å². The van der Waals surface area contributed by atoms with Crippen molar-refractivity contribution in [3.63, 3.8) is 0 Å². The highest BCUT2D eigenvalue weighted by Crippen LogP contribution is 2.19. The largest absolute Gasteiger partial charge is 0.399 e. The van der Waals surface area contributed by atoms with Crippen molar-refractivity contribution in [1.29, 1.82) is 0 Å². The van der Waals surface area contributed by atoms with Crippen LogP contribution in [0.3, 0.4) is 0 Å². The van der Waals surface area contributed by atoms with E-state index in [0.29, 0.717) is 31.1 Å². The number of carbonyl (C=O) groups is 2. The zero-order valence-electron chi connectivity index (χ0n) is 15.9. The van der Waals surface area contributed by atoms with E-state index in [2.05, 4.69) is 5.32 Å². The van der Waals surface area contributed by atoms with E-state index in [0.717, 1.165) is 11.6 Å². The van der Waals surface area contributed by atoms with E-state index in [1.807, 2.05) is 19.1 Å². The Morgan fingerprint density at radius 1 is 1.07 bits per heavy atom. The van der Waals surface area contributed by atoms with Gasteiger partial charge in [-0.15, -0.1) is 12.4 Å². The third-order valence-corrected chi connectivity index (χ3v) is 4.15. The molecule has 3 N–H and O–H groups in total. The Hall–Kier alpha value is -2.74. The Balaban J connectivity index is 0.00000420. The highest BCUT2D eigenvalue weighted by Gasteiger charge is 2.19. The molecule has 0 fully saturated rings. The summed E-state index contributed by atoms with van der Waals surface area (Å²) in [6.45, 7) is 1.86. The SMILES string of the molecule is CCCN(CC(=O)Nc1ccc(F)c(F)c1F)C(=O)CCc1ccccc1N.Cl. The number of anilines is 2. The molecule has 0 radical (unpaired) electrons. The molecule has 0 atom stereocenters. The maximum atomic E-state index is 13.7. The molecule has 158 valence electrons. The van der Waals surface area contributed by atoms with Gasteiger partial charge in [0.05, 0.1) is 12.2 Å². The van der Waals surface area contributed by atoms with E-state index in [-0.39, 0.29) is 31.3 Å². The number of hydrogen-bond acceptors (Lipinski definition) is 3. The predicted molar refractivity (Wildman–Crippen MR) is 108 cm³/mol. The lowest BCUT2D eigenvalue weighted by molar-refractivity contribution is -0.134. The van der Waals surface area contributed by atoms with Crippen molar-refractivity contribution in [3.8, 4) is 0 Å². The third-order valence-electron chi connectivity index (χ3n) is 4.15. The molecule has 5 nitrogen and oxygen atoms in total. The smallest absolute Gasteiger partial charge is 0.244 e. The molecule has 9 heteroatoms. The number of amides is 2. The van der Waals surface area contributed by atoms with E-state index in [9.17, 15) is 22.8 Å². The van der Waals surface area contributed by atoms with Crippen molar-refractivity contribution in [2.45, 2.75) is 26.2 Å². The Morgan fingerprint density at radius 2 is 1.76 bits per heavy atom. The van der Waals surface area contributed by atoms with E-state index < -0.39 is 29.0 Å². The van der Waals surface area contributed by atoms with E-state index in [1.54, 1.807) is 12.1 Å². The highest BCUT2D eigenvalue weighted by molar-refractivity contribution is 5.94. The summed E-state index contributed by atoms with van der Waals surface area (Å²) in [5.41, 5.74) is 6.80. The van der Waals surface area contributed by atoms with E-state index in [1.165, 1.54) is 4.90 Å². The van der Waals surface area contributed by atoms with Gasteiger partial charge in [0.15, 0.2) is 17.5 Å². The average Bonchev–Trinajstić information content (AvgIpc) is 2.67. The van der Waals surface area contributed by atoms with Gasteiger partial charge < -0.3 is 16.0 Å². The van der Waals surface area contributed by atoms with Crippen LogP contribution in [-0.2, 0) is 16.0 Å². The van der Waals surface area contributed by atoms with Crippen molar-refractivity contribution in [1.82, 2.24) is 4.90 Å². The number of nitrogen functional groups attached to an aromatic ring is 1. The van der Waals surface area contributed by atoms with Gasteiger partial charge >= 0.3 is 0 Å². The van der Waals surface area contributed by atoms with Crippen LogP contribution in [0.4, 0.5) is 24.5 Å². The molecular weight excluding hydrogens is 407 g/mol. The van der Waals surface area contributed by atoms with Crippen LogP contribution in [0.25, 0.3) is 0 Å². The molecule has 0 aromatic heterocycles. The fourth-order valence-electron chi connectivity index (χ4n) is 2.71. The molecule has 0 unspecified atom stereocenters. The van der Waals surface area contributed by atoms with Crippen molar-refractivity contribution < 1.29 is 22.8 Å². The van der Waals surface area contributed by atoms with Gasteiger partial charge in [0.1, 0.15) is 0 Å². The highest BCUT2D eigenvalue weighted by atomic mass is 35.5. The number of nitrogens with zero attached hydrogens (tertiary/aromatic N) is 1. The summed E-state index contributed by atoms with van der Waals surface area (Å²) < 4.78 is 39.9. The monoisotopic (exact) mass is 429 g/mol. The zero-order chi connectivity index (χ0) is 20.7. The first-order valence-corrected chi connectivity index (χ1v) is 8.88. The second kappa shape index (κ2) is 11.3. The van der Waals surface area contributed by atoms with Crippen LogP contribution in [-0.4, -0.2) is 29.8 Å². The minimum absolute atomic E-state index is 0. The molecule has 0 aliphatic heterocycles. The average molecular weight is 430 g/mol. The summed E-state index contributed by atoms with van der Waals surface area (Å²) >= 11 is 0. The first-order valence-electron chi connectivity index (χ1n) is 8.88. The second-order valence-corrected chi connectivity index (χ2v) is 6.29. The molecule has 0 saturated heterocycles. The summed E-state index contributed by atoms with van der Waals surface area (Å²) in [6, 6.07) is 8.83. The van der Waals surface area contributed by atoms with E-state index in [4.69, 9.17) is 5.73 Å². The standard InChI is InChI=1S/C20H22F3N3O2.ClH/c1-2-11-26(18(28)10-7-13-5-3-4-6-15(13)24)12-17(27)25-16-9-8-14(21)19(22)20(16)23;/h3-6,8-9H,2,7,10-12,24H2,1H3,(H,25,27);1H. The molecule has 29 heavy (non-hydrogen) atoms. The van der Waals surface area contributed by atoms with Gasteiger partial charge in [-0.25, -0.2) is 13.2 Å². The molecule has 0 saturated carbocycles. The normalized spacial score (nSPS) is 10.2. The van der Waals surface area contributed by atoms with Gasteiger partial charge in [0.25, 0.3) is 0 Å². The number of para-hydroxylation sites is 1. The van der Waals surface area contributed by atoms with Crippen molar-refractivity contribution in [2.75, 3.05) is 24.1 Å². The number of halogens is 4. The molecule has 0 aliphatic rings. The summed E-state index contributed by atoms with van der Waals surface area (Å²) in [4.78, 5) is 26.0. The molecule has 0 heterocycles. The lowest BCUT2D eigenvalue weighted by Crippen LogP contribution is -2.38. The topological polar surface area (TPSA) is 75.4 Å². The number of nitrogens with two attached hydrogens (primary N) is 1. The van der Waals surface area contributed by atoms with Crippen molar-refractivity contribution >= 4 is 35.6 Å². The van der Waals surface area contributed by atoms with Crippen LogP contribution in [0.1, 0.15) is 25.3 Å². The maximum Gasteiger partial charge on any atom is 0.244 e. The summed E-state index contributed by atoms with van der Waals surface area (Å²) in [6.07, 6.45) is 1.19. The summed E-state index contributed by atoms with van der Waals surface area (Å²) in [5, 5.41) is 2.17. The molecule has 0 bridgehead atoms. The molecule has 0 spiro atoms. The van der Waals surface area contributed by atoms with Crippen LogP contribution >= 0.6 is 12.4 Å². The molecule has 2 amide bonds. The van der Waals surface area contributed by atoms with Gasteiger partial charge in [-0.2, -0.15) is 0 Å². The zero-order valence-corrected chi connectivity index (χ0v) is 16.7. The maximum absolute atomic E-state index is 13.7. The van der Waals surface area contributed by atoms with Crippen LogP contribution in [0, 0.1) is 17.5 Å². The van der Waals surface area contributed by atoms with E-state index >= 15 is 0 Å². The van der Waals surface area contributed by atoms with Gasteiger partial charge in [-0.3, -0.25) is 9.59 Å². The van der Waals surface area contributed by atoms with Crippen LogP contribution in [0.2, 0.25) is 0 Å². The summed E-state index contributed by atoms with van der Waals surface area (Å²) in [5.74, 6) is -5.46. The Kier molecular flexibility index (Phi) is 9.47. The van der Waals surface area contributed by atoms with Crippen molar-refractivity contribution in [2.24, 2.45) is 0 Å². The molecule has 0 aliphatic carbocycles. The summed E-state index contributed by atoms with van der Waals surface area (Å²) in [7, 11) is 0. The van der Waals surface area contributed by atoms with Crippen LogP contribution in [0.15, 0.2) is 36.4 Å². The fraction of sp³-hybridized carbons (Fsp3) is 0.300. The number of rotatable bonds is 8. The number of hydrogen-bond donors (Lipinski definition) is 2. The molecular formula is C20H23ClF3N3O2. The van der Waals surface area contributed by atoms with Gasteiger partial charge in [-0.1, -0.05) is 25.1 Å². The Labute approximate surface area is 173 Å². The first-order chi connectivity index (χ1) is 13.3. The van der Waals surface area contributed by atoms with Gasteiger partial charge in [0.2, 0.25) is 11.8 Å². The van der Waals surface area contributed by atoms with Gasteiger partial charge in [-0.05, 0) is 36.6 Å². The number of benzene rings is 2. The third kappa shape index (κ3) is 6.67. The first kappa shape index (κ1) is 24.3. The Morgan fingerprint density at radius 3 is 2.41 bits per heavy atom. The number of aryl methyl sites for hydroxylation is 1.